The maximum atomic E-state index is 12.8. The van der Waals surface area contributed by atoms with E-state index in [4.69, 9.17) is 23.7 Å². The van der Waals surface area contributed by atoms with Gasteiger partial charge in [-0.25, -0.2) is 0 Å². The van der Waals surface area contributed by atoms with E-state index < -0.39 is 30.1 Å². The quantitative estimate of drug-likeness (QED) is 0.0346. The molecule has 0 aromatic rings. The Morgan fingerprint density at radius 3 is 1.23 bits per heavy atom. The van der Waals surface area contributed by atoms with E-state index in [0.717, 1.165) is 38.5 Å². The van der Waals surface area contributed by atoms with Gasteiger partial charge in [0.25, 0.3) is 0 Å². The maximum absolute atomic E-state index is 12.8. The normalized spacial score (nSPS) is 12.9. The van der Waals surface area contributed by atoms with E-state index in [-0.39, 0.29) is 31.7 Å². The van der Waals surface area contributed by atoms with Crippen LogP contribution >= 0.6 is 0 Å². The second-order valence-corrected chi connectivity index (χ2v) is 14.8. The third-order valence-corrected chi connectivity index (χ3v) is 9.50. The van der Waals surface area contributed by atoms with Crippen LogP contribution in [0.15, 0.2) is 0 Å². The second kappa shape index (κ2) is 37.2. The summed E-state index contributed by atoms with van der Waals surface area (Å²) in [4.78, 5) is 47.9. The first-order valence-electron chi connectivity index (χ1n) is 21.4. The Kier molecular flexibility index (Phi) is 35.6. The minimum atomic E-state index is -0.695. The van der Waals surface area contributed by atoms with Gasteiger partial charge < -0.3 is 23.7 Å². The zero-order valence-electron chi connectivity index (χ0n) is 34.3. The van der Waals surface area contributed by atoms with Gasteiger partial charge in [-0.3, -0.25) is 19.2 Å². The zero-order valence-corrected chi connectivity index (χ0v) is 34.3. The highest BCUT2D eigenvalue weighted by molar-refractivity contribution is 5.71. The molecule has 0 aliphatic heterocycles. The molecule has 0 aliphatic rings. The summed E-state index contributed by atoms with van der Waals surface area (Å²) < 4.78 is 27.6. The Labute approximate surface area is 318 Å². The second-order valence-electron chi connectivity index (χ2n) is 14.8. The van der Waals surface area contributed by atoms with Crippen molar-refractivity contribution < 1.29 is 42.9 Å². The van der Waals surface area contributed by atoms with Crippen LogP contribution in [0.1, 0.15) is 214 Å². The van der Waals surface area contributed by atoms with Crippen LogP contribution in [-0.4, -0.2) is 62.0 Å². The molecular weight excluding hydrogens is 660 g/mol. The molecule has 0 heterocycles. The van der Waals surface area contributed by atoms with E-state index in [1.807, 2.05) is 0 Å². The van der Waals surface area contributed by atoms with E-state index in [1.54, 1.807) is 0 Å². The Bertz CT molecular complexity index is 862. The Morgan fingerprint density at radius 1 is 0.404 bits per heavy atom. The standard InChI is InChI=1S/C43H80O9/c1-6-8-10-12-14-16-18-20-22-24-26-28-30-40(51-38(4)45)31-32-41(52-39(5)46)34-43(47)50-36-42(35-49-37(3)44)48-33-29-27-25-23-21-19-17-15-13-11-9-7-2/h40-42H,6-36H2,1-5H3/t40-,41-,42-/m1/s1. The van der Waals surface area contributed by atoms with Crippen LogP contribution in [0, 0.1) is 0 Å². The smallest absolute Gasteiger partial charge is 0.309 e. The molecule has 0 aromatic carbocycles. The minimum absolute atomic E-state index is 0.00255. The Balaban J connectivity index is 4.51. The molecule has 0 bridgehead atoms. The van der Waals surface area contributed by atoms with Crippen molar-refractivity contribution >= 4 is 23.9 Å². The SMILES string of the molecule is CCCCCCCCCCCCCCO[C@H](COC(C)=O)COC(=O)C[C@@H](CC[C@@H](CCCCCCCCCCCCCC)OC(C)=O)OC(C)=O. The summed E-state index contributed by atoms with van der Waals surface area (Å²) >= 11 is 0. The molecule has 0 unspecified atom stereocenters. The number of carbonyl (C=O) groups excluding carboxylic acids is 4. The summed E-state index contributed by atoms with van der Waals surface area (Å²) in [6.45, 7) is 8.97. The molecule has 0 aliphatic carbocycles. The summed E-state index contributed by atoms with van der Waals surface area (Å²) in [5.74, 6) is -1.78. The van der Waals surface area contributed by atoms with Crippen LogP contribution in [0.25, 0.3) is 0 Å². The Hall–Kier alpha value is -2.16. The van der Waals surface area contributed by atoms with Gasteiger partial charge in [-0.2, -0.15) is 0 Å². The maximum Gasteiger partial charge on any atom is 0.309 e. The van der Waals surface area contributed by atoms with Gasteiger partial charge in [-0.15, -0.1) is 0 Å². The Morgan fingerprint density at radius 2 is 0.788 bits per heavy atom. The van der Waals surface area contributed by atoms with Crippen LogP contribution in [0.4, 0.5) is 0 Å². The van der Waals surface area contributed by atoms with Crippen LogP contribution < -0.4 is 0 Å². The summed E-state index contributed by atoms with van der Waals surface area (Å²) in [6, 6.07) is 0. The summed E-state index contributed by atoms with van der Waals surface area (Å²) in [7, 11) is 0. The van der Waals surface area contributed by atoms with Crippen LogP contribution in [-0.2, 0) is 42.9 Å². The van der Waals surface area contributed by atoms with Crippen LogP contribution in [0.2, 0.25) is 0 Å². The molecular formula is C43H80O9. The number of hydrogen-bond donors (Lipinski definition) is 0. The molecule has 0 aromatic heterocycles. The lowest BCUT2D eigenvalue weighted by Gasteiger charge is -2.22. The lowest BCUT2D eigenvalue weighted by atomic mass is 10.0. The molecule has 0 spiro atoms. The van der Waals surface area contributed by atoms with E-state index in [1.165, 1.54) is 143 Å². The lowest BCUT2D eigenvalue weighted by molar-refractivity contribution is -0.160. The predicted molar refractivity (Wildman–Crippen MR) is 209 cm³/mol. The molecule has 0 saturated heterocycles. The van der Waals surface area contributed by atoms with Crippen LogP contribution in [0.5, 0.6) is 0 Å². The molecule has 0 saturated carbocycles. The van der Waals surface area contributed by atoms with Crippen molar-refractivity contribution in [1.82, 2.24) is 0 Å². The summed E-state index contributed by atoms with van der Waals surface area (Å²) in [5, 5.41) is 0. The number of ether oxygens (including phenoxy) is 5. The summed E-state index contributed by atoms with van der Waals surface area (Å²) in [6.07, 6.45) is 30.0. The monoisotopic (exact) mass is 741 g/mol. The number of unbranched alkanes of at least 4 members (excludes halogenated alkanes) is 22. The fraction of sp³-hybridized carbons (Fsp3) is 0.907. The van der Waals surface area contributed by atoms with Gasteiger partial charge in [-0.1, -0.05) is 155 Å². The predicted octanol–water partition coefficient (Wildman–Crippen LogP) is 11.3. The fourth-order valence-electron chi connectivity index (χ4n) is 6.50. The zero-order chi connectivity index (χ0) is 38.5. The molecule has 52 heavy (non-hydrogen) atoms. The molecule has 3 atom stereocenters. The first kappa shape index (κ1) is 49.8. The average Bonchev–Trinajstić information content (AvgIpc) is 3.09. The molecule has 306 valence electrons. The van der Waals surface area contributed by atoms with Crippen LogP contribution in [0.3, 0.4) is 0 Å². The van der Waals surface area contributed by atoms with Crippen molar-refractivity contribution in [3.05, 3.63) is 0 Å². The van der Waals surface area contributed by atoms with Gasteiger partial charge in [0.05, 0.1) is 6.42 Å². The highest BCUT2D eigenvalue weighted by Crippen LogP contribution is 2.19. The van der Waals surface area contributed by atoms with E-state index >= 15 is 0 Å². The van der Waals surface area contributed by atoms with Gasteiger partial charge in [0.15, 0.2) is 0 Å². The molecule has 0 rings (SSSR count). The topological polar surface area (TPSA) is 114 Å². The fourth-order valence-corrected chi connectivity index (χ4v) is 6.50. The molecule has 9 heteroatoms. The van der Waals surface area contributed by atoms with E-state index in [0.29, 0.717) is 19.4 Å². The third kappa shape index (κ3) is 36.2. The third-order valence-electron chi connectivity index (χ3n) is 9.50. The average molecular weight is 741 g/mol. The number of esters is 4. The molecule has 0 fully saturated rings. The first-order valence-corrected chi connectivity index (χ1v) is 21.4. The van der Waals surface area contributed by atoms with Crippen molar-refractivity contribution in [2.24, 2.45) is 0 Å². The van der Waals surface area contributed by atoms with Crippen molar-refractivity contribution in [3.8, 4) is 0 Å². The lowest BCUT2D eigenvalue weighted by Crippen LogP contribution is -2.30. The van der Waals surface area contributed by atoms with Gasteiger partial charge in [0, 0.05) is 27.4 Å². The molecule has 0 radical (unpaired) electrons. The highest BCUT2D eigenvalue weighted by atomic mass is 16.6. The van der Waals surface area contributed by atoms with Crippen molar-refractivity contribution in [1.29, 1.82) is 0 Å². The van der Waals surface area contributed by atoms with Gasteiger partial charge in [0.2, 0.25) is 0 Å². The largest absolute Gasteiger partial charge is 0.463 e. The summed E-state index contributed by atoms with van der Waals surface area (Å²) in [5.41, 5.74) is 0. The number of rotatable bonds is 38. The molecule has 0 N–H and O–H groups in total. The van der Waals surface area contributed by atoms with Crippen molar-refractivity contribution in [2.75, 3.05) is 19.8 Å². The van der Waals surface area contributed by atoms with E-state index in [2.05, 4.69) is 13.8 Å². The molecule has 0 amide bonds. The van der Waals surface area contributed by atoms with E-state index in [9.17, 15) is 19.2 Å². The first-order chi connectivity index (χ1) is 25.2. The highest BCUT2D eigenvalue weighted by Gasteiger charge is 2.23. The molecule has 9 nitrogen and oxygen atoms in total. The van der Waals surface area contributed by atoms with Gasteiger partial charge >= 0.3 is 23.9 Å². The van der Waals surface area contributed by atoms with Crippen molar-refractivity contribution in [2.45, 2.75) is 233 Å². The number of hydrogen-bond acceptors (Lipinski definition) is 9. The minimum Gasteiger partial charge on any atom is -0.463 e. The van der Waals surface area contributed by atoms with Crippen molar-refractivity contribution in [3.63, 3.8) is 0 Å². The van der Waals surface area contributed by atoms with Gasteiger partial charge in [0.1, 0.15) is 31.5 Å². The number of carbonyl (C=O) groups is 4. The van der Waals surface area contributed by atoms with Gasteiger partial charge in [-0.05, 0) is 32.1 Å².